The number of furan rings is 1. The van der Waals surface area contributed by atoms with E-state index in [-0.39, 0.29) is 49.4 Å². The van der Waals surface area contributed by atoms with Crippen LogP contribution in [0.3, 0.4) is 0 Å². The molecule has 4 fully saturated rings. The van der Waals surface area contributed by atoms with Crippen LogP contribution in [-0.2, 0) is 25.7 Å². The van der Waals surface area contributed by atoms with E-state index < -0.39 is 29.4 Å². The molecule has 3 aromatic rings. The Kier molecular flexibility index (Phi) is 9.60. The van der Waals surface area contributed by atoms with E-state index in [1.807, 2.05) is 12.1 Å². The summed E-state index contributed by atoms with van der Waals surface area (Å²) in [5, 5.41) is 9.40. The highest BCUT2D eigenvalue weighted by atomic mass is 16.5. The number of carbonyl (C=O) groups excluding carboxylic acids is 4. The molecule has 2 aromatic heterocycles. The van der Waals surface area contributed by atoms with E-state index in [0.29, 0.717) is 23.0 Å². The molecule has 4 aliphatic rings. The van der Waals surface area contributed by atoms with Crippen molar-refractivity contribution in [2.75, 3.05) is 11.9 Å². The van der Waals surface area contributed by atoms with Gasteiger partial charge in [0.15, 0.2) is 5.76 Å². The third-order valence-electron chi connectivity index (χ3n) is 9.98. The molecule has 11 nitrogen and oxygen atoms in total. The van der Waals surface area contributed by atoms with E-state index in [1.54, 1.807) is 38.1 Å². The summed E-state index contributed by atoms with van der Waals surface area (Å²) in [6.07, 6.45) is 10.8. The van der Waals surface area contributed by atoms with Gasteiger partial charge in [0.05, 0.1) is 6.61 Å². The molecule has 0 aliphatic heterocycles. The third kappa shape index (κ3) is 7.18. The number of aromatic nitrogens is 1. The number of anilines is 1. The SMILES string of the molecule is CCOC(=O)/C=C/CC[C@H](NC(=O)c1oc2ccccc2c1C)C(=O)Nc1cccn(CC(=O)NC2C3CC4CC(C3)CC2C4)c1=O. The van der Waals surface area contributed by atoms with Crippen molar-refractivity contribution in [1.29, 1.82) is 0 Å². The summed E-state index contributed by atoms with van der Waals surface area (Å²) >= 11 is 0. The highest BCUT2D eigenvalue weighted by Gasteiger charge is 2.48. The first-order valence-corrected chi connectivity index (χ1v) is 16.6. The minimum atomic E-state index is -1.07. The van der Waals surface area contributed by atoms with Gasteiger partial charge in [-0.2, -0.15) is 0 Å². The average Bonchev–Trinajstić information content (AvgIpc) is 3.38. The van der Waals surface area contributed by atoms with Crippen LogP contribution in [0.2, 0.25) is 0 Å². The number of esters is 1. The number of benzene rings is 1. The van der Waals surface area contributed by atoms with Crippen LogP contribution in [0.25, 0.3) is 11.0 Å². The van der Waals surface area contributed by atoms with Crippen molar-refractivity contribution in [2.45, 2.75) is 77.4 Å². The van der Waals surface area contributed by atoms with Gasteiger partial charge in [-0.15, -0.1) is 0 Å². The average molecular weight is 643 g/mol. The van der Waals surface area contributed by atoms with E-state index in [0.717, 1.165) is 17.2 Å². The Morgan fingerprint density at radius 3 is 2.45 bits per heavy atom. The number of ether oxygens (including phenoxy) is 1. The van der Waals surface area contributed by atoms with Gasteiger partial charge in [0.2, 0.25) is 11.8 Å². The Balaban J connectivity index is 1.13. The largest absolute Gasteiger partial charge is 0.463 e. The lowest BCUT2D eigenvalue weighted by atomic mass is 9.54. The predicted octanol–water partition coefficient (Wildman–Crippen LogP) is 4.48. The molecule has 0 saturated heterocycles. The van der Waals surface area contributed by atoms with Gasteiger partial charge in [0, 0.05) is 29.3 Å². The van der Waals surface area contributed by atoms with Gasteiger partial charge in [0.25, 0.3) is 11.5 Å². The molecule has 1 atom stereocenters. The van der Waals surface area contributed by atoms with Crippen LogP contribution in [0.1, 0.15) is 68.0 Å². The molecule has 1 aromatic carbocycles. The molecule has 0 spiro atoms. The van der Waals surface area contributed by atoms with Crippen LogP contribution in [0, 0.1) is 30.6 Å². The Morgan fingerprint density at radius 2 is 1.74 bits per heavy atom. The van der Waals surface area contributed by atoms with Gasteiger partial charge in [-0.3, -0.25) is 19.2 Å². The number of hydrogen-bond donors (Lipinski definition) is 3. The first-order chi connectivity index (χ1) is 22.7. The summed E-state index contributed by atoms with van der Waals surface area (Å²) in [4.78, 5) is 65.1. The maximum absolute atomic E-state index is 13.6. The van der Waals surface area contributed by atoms with E-state index in [4.69, 9.17) is 9.15 Å². The molecule has 4 bridgehead atoms. The molecule has 7 rings (SSSR count). The molecular weight excluding hydrogens is 600 g/mol. The van der Waals surface area contributed by atoms with Gasteiger partial charge in [-0.05, 0) is 101 Å². The minimum Gasteiger partial charge on any atom is -0.463 e. The maximum Gasteiger partial charge on any atom is 0.330 e. The summed E-state index contributed by atoms with van der Waals surface area (Å²) in [5.74, 6) is 0.765. The quantitative estimate of drug-likeness (QED) is 0.195. The molecule has 4 aliphatic carbocycles. The smallest absolute Gasteiger partial charge is 0.330 e. The second kappa shape index (κ2) is 14.0. The van der Waals surface area contributed by atoms with Crippen LogP contribution in [0.15, 0.2) is 64.0 Å². The monoisotopic (exact) mass is 642 g/mol. The lowest BCUT2D eigenvalue weighted by molar-refractivity contribution is -0.137. The van der Waals surface area contributed by atoms with Gasteiger partial charge in [-0.1, -0.05) is 24.3 Å². The molecule has 0 unspecified atom stereocenters. The molecule has 248 valence electrons. The summed E-state index contributed by atoms with van der Waals surface area (Å²) in [5.41, 5.74) is 0.644. The number of pyridine rings is 1. The van der Waals surface area contributed by atoms with E-state index in [1.165, 1.54) is 55.0 Å². The maximum atomic E-state index is 13.6. The third-order valence-corrected chi connectivity index (χ3v) is 9.98. The number of hydrogen-bond acceptors (Lipinski definition) is 7. The van der Waals surface area contributed by atoms with Crippen molar-refractivity contribution >= 4 is 40.3 Å². The number of nitrogens with zero attached hydrogens (tertiary/aromatic N) is 1. The Bertz CT molecular complexity index is 1730. The Labute approximate surface area is 273 Å². The Hall–Kier alpha value is -4.67. The van der Waals surface area contributed by atoms with E-state index in [9.17, 15) is 24.0 Å². The number of carbonyl (C=O) groups is 4. The highest BCUT2D eigenvalue weighted by Crippen LogP contribution is 2.53. The first-order valence-electron chi connectivity index (χ1n) is 16.6. The molecule has 2 heterocycles. The predicted molar refractivity (Wildman–Crippen MR) is 176 cm³/mol. The second-order valence-electron chi connectivity index (χ2n) is 13.2. The highest BCUT2D eigenvalue weighted by molar-refractivity contribution is 6.03. The zero-order valence-corrected chi connectivity index (χ0v) is 26.8. The lowest BCUT2D eigenvalue weighted by Crippen LogP contribution is -2.56. The van der Waals surface area contributed by atoms with Crippen LogP contribution in [-0.4, -0.2) is 46.9 Å². The number of nitrogens with one attached hydrogen (secondary N) is 3. The van der Waals surface area contributed by atoms with Crippen LogP contribution in [0.4, 0.5) is 5.69 Å². The molecule has 47 heavy (non-hydrogen) atoms. The van der Waals surface area contributed by atoms with Crippen molar-refractivity contribution in [2.24, 2.45) is 23.7 Å². The lowest BCUT2D eigenvalue weighted by Gasteiger charge is -2.54. The van der Waals surface area contributed by atoms with Crippen LogP contribution < -0.4 is 21.5 Å². The zero-order chi connectivity index (χ0) is 33.1. The number of fused-ring (bicyclic) bond motifs is 1. The second-order valence-corrected chi connectivity index (χ2v) is 13.2. The molecule has 3 N–H and O–H groups in total. The molecule has 0 radical (unpaired) electrons. The topological polar surface area (TPSA) is 149 Å². The zero-order valence-electron chi connectivity index (χ0n) is 26.8. The molecule has 3 amide bonds. The number of allylic oxidation sites excluding steroid dienone is 1. The van der Waals surface area contributed by atoms with E-state index in [2.05, 4.69) is 16.0 Å². The van der Waals surface area contributed by atoms with Crippen molar-refractivity contribution in [3.8, 4) is 0 Å². The Morgan fingerprint density at radius 1 is 1.02 bits per heavy atom. The number of aryl methyl sites for hydroxylation is 1. The number of para-hydroxylation sites is 1. The van der Waals surface area contributed by atoms with Crippen LogP contribution >= 0.6 is 0 Å². The minimum absolute atomic E-state index is 0.0128. The number of amides is 3. The summed E-state index contributed by atoms with van der Waals surface area (Å²) in [6.45, 7) is 3.55. The van der Waals surface area contributed by atoms with Crippen molar-refractivity contribution < 1.29 is 28.3 Å². The van der Waals surface area contributed by atoms with Crippen molar-refractivity contribution in [3.63, 3.8) is 0 Å². The summed E-state index contributed by atoms with van der Waals surface area (Å²) in [7, 11) is 0. The van der Waals surface area contributed by atoms with Gasteiger partial charge < -0.3 is 29.7 Å². The van der Waals surface area contributed by atoms with Gasteiger partial charge in [-0.25, -0.2) is 4.79 Å². The fourth-order valence-electron chi connectivity index (χ4n) is 8.04. The van der Waals surface area contributed by atoms with Crippen molar-refractivity contribution in [3.05, 3.63) is 76.4 Å². The van der Waals surface area contributed by atoms with Gasteiger partial charge >= 0.3 is 5.97 Å². The van der Waals surface area contributed by atoms with Crippen molar-refractivity contribution in [1.82, 2.24) is 15.2 Å². The van der Waals surface area contributed by atoms with Gasteiger partial charge in [0.1, 0.15) is 23.9 Å². The number of rotatable bonds is 12. The summed E-state index contributed by atoms with van der Waals surface area (Å²) < 4.78 is 12.0. The molecule has 4 saturated carbocycles. The normalized spacial score (nSPS) is 23.5. The fraction of sp³-hybridized carbons (Fsp3) is 0.472. The van der Waals surface area contributed by atoms with E-state index >= 15 is 0 Å². The molecular formula is C36H42N4O7. The standard InChI is InChI=1S/C36H42N4O7/c1-3-46-31(42)13-7-5-10-27(37-35(44)33-21(2)26-9-4-6-12-29(26)47-33)34(43)38-28-11-8-14-40(36(28)45)20-30(41)39-32-24-16-22-15-23(18-24)19-25(32)17-22/h4,6-9,11-14,22-25,27,32H,3,5,10,15-20H2,1-2H3,(H,37,44)(H,38,43)(H,39,41)/b13-7+/t22?,23?,24?,25?,27-,32?/m0/s1. The first kappa shape index (κ1) is 32.3. The summed E-state index contributed by atoms with van der Waals surface area (Å²) in [6, 6.07) is 9.40. The fourth-order valence-corrected chi connectivity index (χ4v) is 8.04. The van der Waals surface area contributed by atoms with Crippen LogP contribution in [0.5, 0.6) is 0 Å². The molecule has 11 heteroatoms.